The van der Waals surface area contributed by atoms with Gasteiger partial charge in [-0.15, -0.1) is 0 Å². The Morgan fingerprint density at radius 2 is 1.69 bits per heavy atom. The number of nitro benzene ring substituents is 1. The van der Waals surface area contributed by atoms with Gasteiger partial charge >= 0.3 is 0 Å². The van der Waals surface area contributed by atoms with Crippen LogP contribution in [-0.4, -0.2) is 45.8 Å². The number of anilines is 1. The van der Waals surface area contributed by atoms with E-state index in [-0.39, 0.29) is 29.5 Å². The zero-order chi connectivity index (χ0) is 27.4. The average Bonchev–Trinajstić information content (AvgIpc) is 2.80. The number of carbonyl (C=O) groups is 1. The third-order valence-corrected chi connectivity index (χ3v) is 7.17. The molecule has 0 fully saturated rings. The van der Waals surface area contributed by atoms with Gasteiger partial charge in [0, 0.05) is 12.1 Å². The van der Waals surface area contributed by atoms with Gasteiger partial charge in [-0.2, -0.15) is 0 Å². The smallest absolute Gasteiger partial charge is 0.271 e. The van der Waals surface area contributed by atoms with E-state index in [4.69, 9.17) is 9.47 Å². The summed E-state index contributed by atoms with van der Waals surface area (Å²) in [5, 5.41) is 14.3. The van der Waals surface area contributed by atoms with E-state index >= 15 is 0 Å². The molecule has 0 saturated heterocycles. The van der Waals surface area contributed by atoms with E-state index in [2.05, 4.69) is 5.32 Å². The minimum atomic E-state index is -4.03. The van der Waals surface area contributed by atoms with Gasteiger partial charge in [0.2, 0.25) is 15.9 Å². The molecule has 36 heavy (non-hydrogen) atoms. The fraction of sp³-hybridized carbons (Fsp3) is 0.480. The van der Waals surface area contributed by atoms with Crippen molar-refractivity contribution in [2.24, 2.45) is 0 Å². The summed E-state index contributed by atoms with van der Waals surface area (Å²) >= 11 is 0. The quantitative estimate of drug-likeness (QED) is 0.341. The molecule has 2 atom stereocenters. The van der Waals surface area contributed by atoms with Crippen LogP contribution in [0.15, 0.2) is 30.3 Å². The lowest BCUT2D eigenvalue weighted by Crippen LogP contribution is -2.50. The van der Waals surface area contributed by atoms with Crippen LogP contribution >= 0.6 is 0 Å². The van der Waals surface area contributed by atoms with Crippen LogP contribution in [-0.2, 0) is 14.8 Å². The number of ether oxygens (including phenoxy) is 2. The van der Waals surface area contributed by atoms with Crippen molar-refractivity contribution >= 4 is 27.3 Å². The van der Waals surface area contributed by atoms with E-state index in [1.54, 1.807) is 14.0 Å². The molecule has 10 nitrogen and oxygen atoms in total. The highest BCUT2D eigenvalue weighted by Crippen LogP contribution is 2.36. The van der Waals surface area contributed by atoms with Crippen molar-refractivity contribution in [1.82, 2.24) is 5.32 Å². The summed E-state index contributed by atoms with van der Waals surface area (Å²) in [6, 6.07) is 5.92. The highest BCUT2D eigenvalue weighted by atomic mass is 32.2. The predicted molar refractivity (Wildman–Crippen MR) is 139 cm³/mol. The van der Waals surface area contributed by atoms with Crippen molar-refractivity contribution < 1.29 is 27.6 Å². The van der Waals surface area contributed by atoms with Gasteiger partial charge in [0.25, 0.3) is 5.69 Å². The van der Waals surface area contributed by atoms with Gasteiger partial charge in [0.05, 0.1) is 31.4 Å². The Bertz CT molecular complexity index is 1230. The van der Waals surface area contributed by atoms with Gasteiger partial charge in [-0.3, -0.25) is 19.2 Å². The Morgan fingerprint density at radius 1 is 1.08 bits per heavy atom. The number of rotatable bonds is 11. The topological polar surface area (TPSA) is 128 Å². The number of sulfonamides is 1. The number of aryl methyl sites for hydroxylation is 1. The standard InChI is InChI=1S/C25H35N3O7S/c1-9-21(27(36(8,32)33)22-13-18(28(30)31)10-11-23(22)34-6)25(29)26-17(5)20-14-19(15(2)3)24(35-7)12-16(20)4/h10-15,17,21H,9H2,1-8H3,(H,26,29). The Hall–Kier alpha value is -3.34. The second kappa shape index (κ2) is 11.6. The molecule has 198 valence electrons. The number of benzene rings is 2. The summed E-state index contributed by atoms with van der Waals surface area (Å²) in [6.45, 7) is 9.50. The zero-order valence-electron chi connectivity index (χ0n) is 22.0. The molecule has 0 bridgehead atoms. The molecule has 1 amide bonds. The van der Waals surface area contributed by atoms with Crippen LogP contribution in [0.3, 0.4) is 0 Å². The van der Waals surface area contributed by atoms with Crippen molar-refractivity contribution in [2.45, 2.75) is 59.0 Å². The van der Waals surface area contributed by atoms with Crippen LogP contribution in [0.5, 0.6) is 11.5 Å². The molecule has 2 aromatic carbocycles. The van der Waals surface area contributed by atoms with Gasteiger partial charge in [-0.1, -0.05) is 20.8 Å². The first kappa shape index (κ1) is 28.9. The minimum absolute atomic E-state index is 0.0772. The van der Waals surface area contributed by atoms with E-state index in [1.165, 1.54) is 19.2 Å². The number of carbonyl (C=O) groups excluding carboxylic acids is 1. The number of nitrogens with zero attached hydrogens (tertiary/aromatic N) is 2. The van der Waals surface area contributed by atoms with Crippen molar-refractivity contribution in [1.29, 1.82) is 0 Å². The first-order chi connectivity index (χ1) is 16.8. The van der Waals surface area contributed by atoms with Gasteiger partial charge in [0.15, 0.2) is 0 Å². The van der Waals surface area contributed by atoms with E-state index in [0.717, 1.165) is 39.1 Å². The van der Waals surface area contributed by atoms with Crippen LogP contribution < -0.4 is 19.1 Å². The molecule has 0 heterocycles. The van der Waals surface area contributed by atoms with E-state index in [1.807, 2.05) is 39.8 Å². The molecular weight excluding hydrogens is 486 g/mol. The minimum Gasteiger partial charge on any atom is -0.496 e. The number of non-ortho nitro benzene ring substituents is 1. The van der Waals surface area contributed by atoms with Crippen molar-refractivity contribution in [3.05, 3.63) is 57.1 Å². The lowest BCUT2D eigenvalue weighted by Gasteiger charge is -2.32. The Labute approximate surface area is 212 Å². The van der Waals surface area contributed by atoms with Crippen LogP contribution in [0.4, 0.5) is 11.4 Å². The maximum absolute atomic E-state index is 13.5. The summed E-state index contributed by atoms with van der Waals surface area (Å²) < 4.78 is 37.5. The van der Waals surface area contributed by atoms with Crippen molar-refractivity contribution in [3.8, 4) is 11.5 Å². The molecular formula is C25H35N3O7S. The number of amides is 1. The molecule has 2 unspecified atom stereocenters. The van der Waals surface area contributed by atoms with Crippen LogP contribution in [0, 0.1) is 17.0 Å². The van der Waals surface area contributed by atoms with Gasteiger partial charge in [0.1, 0.15) is 23.2 Å². The molecule has 2 rings (SSSR count). The lowest BCUT2D eigenvalue weighted by molar-refractivity contribution is -0.384. The molecule has 1 N–H and O–H groups in total. The molecule has 0 aliphatic carbocycles. The number of methoxy groups -OCH3 is 2. The lowest BCUT2D eigenvalue weighted by atomic mass is 9.93. The summed E-state index contributed by atoms with van der Waals surface area (Å²) in [5.41, 5.74) is 2.38. The second-order valence-electron chi connectivity index (χ2n) is 8.93. The molecule has 2 aromatic rings. The summed E-state index contributed by atoms with van der Waals surface area (Å²) in [5.74, 6) is 0.507. The Kier molecular flexibility index (Phi) is 9.31. The summed E-state index contributed by atoms with van der Waals surface area (Å²) in [4.78, 5) is 24.2. The first-order valence-corrected chi connectivity index (χ1v) is 13.4. The molecule has 0 spiro atoms. The molecule has 0 radical (unpaired) electrons. The van der Waals surface area contributed by atoms with Crippen LogP contribution in [0.25, 0.3) is 0 Å². The van der Waals surface area contributed by atoms with Gasteiger partial charge in [-0.05, 0) is 61.1 Å². The van der Waals surface area contributed by atoms with Crippen LogP contribution in [0.1, 0.15) is 62.8 Å². The first-order valence-electron chi connectivity index (χ1n) is 11.6. The average molecular weight is 522 g/mol. The van der Waals surface area contributed by atoms with Crippen molar-refractivity contribution in [3.63, 3.8) is 0 Å². The molecule has 0 aliphatic rings. The summed E-state index contributed by atoms with van der Waals surface area (Å²) in [7, 11) is -1.09. The molecule has 0 aliphatic heterocycles. The second-order valence-corrected chi connectivity index (χ2v) is 10.8. The van der Waals surface area contributed by atoms with Gasteiger partial charge in [-0.25, -0.2) is 8.42 Å². The normalized spacial score (nSPS) is 13.1. The third-order valence-electron chi connectivity index (χ3n) is 6.01. The van der Waals surface area contributed by atoms with E-state index in [9.17, 15) is 23.3 Å². The fourth-order valence-corrected chi connectivity index (χ4v) is 5.40. The number of hydrogen-bond donors (Lipinski definition) is 1. The van der Waals surface area contributed by atoms with Crippen LogP contribution in [0.2, 0.25) is 0 Å². The van der Waals surface area contributed by atoms with E-state index < -0.39 is 32.9 Å². The monoisotopic (exact) mass is 521 g/mol. The zero-order valence-corrected chi connectivity index (χ0v) is 22.8. The van der Waals surface area contributed by atoms with Gasteiger partial charge < -0.3 is 14.8 Å². The predicted octanol–water partition coefficient (Wildman–Crippen LogP) is 4.47. The Morgan fingerprint density at radius 3 is 2.17 bits per heavy atom. The molecule has 11 heteroatoms. The Balaban J connectivity index is 2.52. The molecule has 0 aromatic heterocycles. The third kappa shape index (κ3) is 6.26. The largest absolute Gasteiger partial charge is 0.496 e. The fourth-order valence-electron chi connectivity index (χ4n) is 4.20. The maximum atomic E-state index is 13.5. The molecule has 0 saturated carbocycles. The highest BCUT2D eigenvalue weighted by molar-refractivity contribution is 7.92. The number of nitro groups is 1. The highest BCUT2D eigenvalue weighted by Gasteiger charge is 2.35. The maximum Gasteiger partial charge on any atom is 0.271 e. The number of nitrogens with one attached hydrogen (secondary N) is 1. The SMILES string of the molecule is CCC(C(=O)NC(C)c1cc(C(C)C)c(OC)cc1C)N(c1cc([N+](=O)[O-])ccc1OC)S(C)(=O)=O. The summed E-state index contributed by atoms with van der Waals surface area (Å²) in [6.07, 6.45) is 1.07. The van der Waals surface area contributed by atoms with E-state index in [0.29, 0.717) is 0 Å². The van der Waals surface area contributed by atoms with Crippen molar-refractivity contribution in [2.75, 3.05) is 24.8 Å². The number of hydrogen-bond acceptors (Lipinski definition) is 7.